The van der Waals surface area contributed by atoms with Gasteiger partial charge in [-0.05, 0) is 36.5 Å². The Balaban J connectivity index is 1.58. The first-order valence-corrected chi connectivity index (χ1v) is 8.73. The van der Waals surface area contributed by atoms with Crippen LogP contribution in [0.5, 0.6) is 0 Å². The molecule has 2 atom stereocenters. The van der Waals surface area contributed by atoms with E-state index in [1.165, 1.54) is 18.9 Å². The third-order valence-electron chi connectivity index (χ3n) is 5.52. The molecule has 1 aliphatic heterocycles. The molecule has 1 aromatic carbocycles. The summed E-state index contributed by atoms with van der Waals surface area (Å²) in [5.41, 5.74) is 1.19. The molecule has 4 nitrogen and oxygen atoms in total. The number of carbonyl (C=O) groups is 1. The van der Waals surface area contributed by atoms with Crippen molar-refractivity contribution in [2.24, 2.45) is 11.3 Å². The van der Waals surface area contributed by atoms with Crippen molar-refractivity contribution in [3.8, 4) is 0 Å². The van der Waals surface area contributed by atoms with Crippen LogP contribution in [0.3, 0.4) is 0 Å². The fourth-order valence-corrected chi connectivity index (χ4v) is 4.25. The van der Waals surface area contributed by atoms with Gasteiger partial charge >= 0.3 is 0 Å². The quantitative estimate of drug-likeness (QED) is 0.801. The van der Waals surface area contributed by atoms with E-state index in [1.807, 2.05) is 6.07 Å². The van der Waals surface area contributed by atoms with Gasteiger partial charge in [-0.2, -0.15) is 0 Å². The topological polar surface area (TPSA) is 32.8 Å². The largest absolute Gasteiger partial charge is 0.371 e. The molecule has 0 unspecified atom stereocenters. The molecule has 2 aliphatic rings. The van der Waals surface area contributed by atoms with Gasteiger partial charge in [0, 0.05) is 39.1 Å². The molecule has 0 bridgehead atoms. The number of benzene rings is 1. The number of likely N-dealkylation sites (tertiary alicyclic amines) is 1. The fourth-order valence-electron chi connectivity index (χ4n) is 4.25. The number of carbonyl (C=O) groups excluding carboxylic acids is 1. The van der Waals surface area contributed by atoms with Crippen molar-refractivity contribution in [2.45, 2.75) is 25.8 Å². The van der Waals surface area contributed by atoms with Crippen LogP contribution in [0.25, 0.3) is 0 Å². The highest BCUT2D eigenvalue weighted by molar-refractivity contribution is 5.76. The summed E-state index contributed by atoms with van der Waals surface area (Å²) >= 11 is 0. The van der Waals surface area contributed by atoms with Gasteiger partial charge in [-0.3, -0.25) is 9.69 Å². The first kappa shape index (κ1) is 17.4. The van der Waals surface area contributed by atoms with Gasteiger partial charge in [0.2, 0.25) is 5.91 Å². The van der Waals surface area contributed by atoms with Crippen LogP contribution in [0.15, 0.2) is 24.3 Å². The lowest BCUT2D eigenvalue weighted by Crippen LogP contribution is -2.34. The zero-order chi connectivity index (χ0) is 17.2. The molecule has 1 aromatic rings. The van der Waals surface area contributed by atoms with E-state index in [9.17, 15) is 9.18 Å². The van der Waals surface area contributed by atoms with Gasteiger partial charge in [0.25, 0.3) is 0 Å². The summed E-state index contributed by atoms with van der Waals surface area (Å²) < 4.78 is 19.2. The second-order valence-electron chi connectivity index (χ2n) is 7.53. The molecular formula is C19H27FN2O2. The highest BCUT2D eigenvalue weighted by Gasteiger charge is 2.49. The number of hydrogen-bond acceptors (Lipinski definition) is 3. The number of amides is 1. The summed E-state index contributed by atoms with van der Waals surface area (Å²) in [5, 5.41) is 0. The maximum Gasteiger partial charge on any atom is 0.248 e. The van der Waals surface area contributed by atoms with Crippen LogP contribution in [-0.2, 0) is 16.1 Å². The number of nitrogens with zero attached hydrogens (tertiary/aromatic N) is 2. The zero-order valence-electron chi connectivity index (χ0n) is 14.6. The number of rotatable bonds is 6. The van der Waals surface area contributed by atoms with Gasteiger partial charge in [-0.15, -0.1) is 0 Å². The standard InChI is InChI=1S/C19H27FN2O2/c1-21(2)18(23)12-24-14-19-8-4-6-16(19)11-22(13-19)10-15-5-3-7-17(20)9-15/h3,5,7,9,16H,4,6,8,10-14H2,1-2H3/t16-,19+/m0/s1. The average molecular weight is 334 g/mol. The monoisotopic (exact) mass is 334 g/mol. The van der Waals surface area contributed by atoms with E-state index in [0.717, 1.165) is 31.6 Å². The van der Waals surface area contributed by atoms with E-state index in [0.29, 0.717) is 12.5 Å². The van der Waals surface area contributed by atoms with Gasteiger partial charge in [0.05, 0.1) is 6.61 Å². The van der Waals surface area contributed by atoms with E-state index in [2.05, 4.69) is 4.90 Å². The lowest BCUT2D eigenvalue weighted by molar-refractivity contribution is -0.135. The van der Waals surface area contributed by atoms with E-state index in [1.54, 1.807) is 31.1 Å². The Kier molecular flexibility index (Phi) is 5.21. The fraction of sp³-hybridized carbons (Fsp3) is 0.632. The molecule has 1 saturated carbocycles. The van der Waals surface area contributed by atoms with E-state index in [4.69, 9.17) is 4.74 Å². The molecule has 1 aliphatic carbocycles. The molecule has 0 spiro atoms. The summed E-state index contributed by atoms with van der Waals surface area (Å²) in [6, 6.07) is 6.86. The predicted molar refractivity (Wildman–Crippen MR) is 91.0 cm³/mol. The second-order valence-corrected chi connectivity index (χ2v) is 7.53. The van der Waals surface area contributed by atoms with Gasteiger partial charge in [-0.1, -0.05) is 18.6 Å². The van der Waals surface area contributed by atoms with Gasteiger partial charge in [0.15, 0.2) is 0 Å². The maximum absolute atomic E-state index is 13.4. The van der Waals surface area contributed by atoms with Crippen LogP contribution >= 0.6 is 0 Å². The Hall–Kier alpha value is -1.46. The molecule has 24 heavy (non-hydrogen) atoms. The van der Waals surface area contributed by atoms with Crippen LogP contribution in [0, 0.1) is 17.2 Å². The maximum atomic E-state index is 13.4. The van der Waals surface area contributed by atoms with Crippen molar-refractivity contribution < 1.29 is 13.9 Å². The number of likely N-dealkylation sites (N-methyl/N-ethyl adjacent to an activating group) is 1. The minimum atomic E-state index is -0.174. The smallest absolute Gasteiger partial charge is 0.248 e. The molecular weight excluding hydrogens is 307 g/mol. The first-order valence-electron chi connectivity index (χ1n) is 8.73. The molecule has 1 saturated heterocycles. The number of ether oxygens (including phenoxy) is 1. The zero-order valence-corrected chi connectivity index (χ0v) is 14.6. The average Bonchev–Trinajstić information content (AvgIpc) is 3.03. The highest BCUT2D eigenvalue weighted by Crippen LogP contribution is 2.49. The second kappa shape index (κ2) is 7.19. The molecule has 2 fully saturated rings. The van der Waals surface area contributed by atoms with Crippen molar-refractivity contribution in [2.75, 3.05) is 40.4 Å². The van der Waals surface area contributed by atoms with Gasteiger partial charge < -0.3 is 9.64 Å². The summed E-state index contributed by atoms with van der Waals surface area (Å²) in [6.45, 7) is 3.61. The Labute approximate surface area is 143 Å². The molecule has 3 rings (SSSR count). The third kappa shape index (κ3) is 3.78. The SMILES string of the molecule is CN(C)C(=O)COC[C@]12CCC[C@H]1CN(Cc1cccc(F)c1)C2. The third-order valence-corrected chi connectivity index (χ3v) is 5.52. The molecule has 1 amide bonds. The van der Waals surface area contributed by atoms with Crippen molar-refractivity contribution in [1.29, 1.82) is 0 Å². The lowest BCUT2D eigenvalue weighted by atomic mass is 9.81. The molecule has 0 aromatic heterocycles. The number of halogens is 1. The van der Waals surface area contributed by atoms with Crippen LogP contribution in [-0.4, -0.2) is 56.1 Å². The van der Waals surface area contributed by atoms with E-state index < -0.39 is 0 Å². The van der Waals surface area contributed by atoms with Gasteiger partial charge in [0.1, 0.15) is 12.4 Å². The molecule has 5 heteroatoms. The molecule has 132 valence electrons. The van der Waals surface area contributed by atoms with Crippen LogP contribution < -0.4 is 0 Å². The highest BCUT2D eigenvalue weighted by atomic mass is 19.1. The van der Waals surface area contributed by atoms with E-state index >= 15 is 0 Å². The van der Waals surface area contributed by atoms with E-state index in [-0.39, 0.29) is 23.7 Å². The predicted octanol–water partition coefficient (Wildman–Crippen LogP) is 2.53. The Morgan fingerprint density at radius 1 is 1.46 bits per heavy atom. The number of fused-ring (bicyclic) bond motifs is 1. The number of hydrogen-bond donors (Lipinski definition) is 0. The minimum absolute atomic E-state index is 0.00978. The summed E-state index contributed by atoms with van der Waals surface area (Å²) in [4.78, 5) is 15.7. The Morgan fingerprint density at radius 3 is 3.04 bits per heavy atom. The Morgan fingerprint density at radius 2 is 2.29 bits per heavy atom. The Bertz CT molecular complexity index is 592. The normalized spacial score (nSPS) is 26.5. The van der Waals surface area contributed by atoms with Crippen LogP contribution in [0.2, 0.25) is 0 Å². The first-order chi connectivity index (χ1) is 11.5. The minimum Gasteiger partial charge on any atom is -0.371 e. The van der Waals surface area contributed by atoms with Gasteiger partial charge in [-0.25, -0.2) is 4.39 Å². The summed E-state index contributed by atoms with van der Waals surface area (Å²) in [6.07, 6.45) is 3.63. The summed E-state index contributed by atoms with van der Waals surface area (Å²) in [5.74, 6) is 0.461. The van der Waals surface area contributed by atoms with Crippen LogP contribution in [0.1, 0.15) is 24.8 Å². The van der Waals surface area contributed by atoms with Crippen molar-refractivity contribution in [1.82, 2.24) is 9.80 Å². The molecule has 1 heterocycles. The summed E-state index contributed by atoms with van der Waals surface area (Å²) in [7, 11) is 3.50. The lowest BCUT2D eigenvalue weighted by Gasteiger charge is -2.29. The van der Waals surface area contributed by atoms with Crippen molar-refractivity contribution >= 4 is 5.91 Å². The van der Waals surface area contributed by atoms with Crippen LogP contribution in [0.4, 0.5) is 4.39 Å². The van der Waals surface area contributed by atoms with Crippen molar-refractivity contribution in [3.05, 3.63) is 35.6 Å². The van der Waals surface area contributed by atoms with Crippen molar-refractivity contribution in [3.63, 3.8) is 0 Å². The molecule has 0 N–H and O–H groups in total. The molecule has 0 radical (unpaired) electrons.